The first-order chi connectivity index (χ1) is 12.2. The molecule has 3 atom stereocenters. The van der Waals surface area contributed by atoms with Gasteiger partial charge in [-0.2, -0.15) is 0 Å². The number of hydrogen-bond acceptors (Lipinski definition) is 4. The molecule has 1 N–H and O–H groups in total. The van der Waals surface area contributed by atoms with Gasteiger partial charge in [-0.25, -0.2) is 4.98 Å². The lowest BCUT2D eigenvalue weighted by Gasteiger charge is -2.36. The standard InChI is InChI=1S/C19H24N4O2/c1-22-9-4-5-16(22)19(24)21-11-17-15-7-10-23(12-14(15)13-25-17)18-6-2-3-8-20-18/h2-6,8-9,14-15,17H,7,10-13H2,1H3,(H,21,24)/t14-,15-,17+/m1/s1. The summed E-state index contributed by atoms with van der Waals surface area (Å²) in [6, 6.07) is 9.75. The van der Waals surface area contributed by atoms with Crippen molar-refractivity contribution in [3.05, 3.63) is 48.4 Å². The van der Waals surface area contributed by atoms with Crippen LogP contribution < -0.4 is 10.2 Å². The second kappa shape index (κ2) is 6.88. The summed E-state index contributed by atoms with van der Waals surface area (Å²) in [7, 11) is 1.88. The van der Waals surface area contributed by atoms with E-state index in [0.29, 0.717) is 24.1 Å². The summed E-state index contributed by atoms with van der Waals surface area (Å²) in [4.78, 5) is 19.1. The lowest BCUT2D eigenvalue weighted by molar-refractivity contribution is 0.0764. The van der Waals surface area contributed by atoms with E-state index in [9.17, 15) is 4.79 Å². The van der Waals surface area contributed by atoms with Gasteiger partial charge in [0.1, 0.15) is 11.5 Å². The highest BCUT2D eigenvalue weighted by molar-refractivity contribution is 5.92. The molecule has 132 valence electrons. The average Bonchev–Trinajstić information content (AvgIpc) is 3.26. The Morgan fingerprint density at radius 2 is 2.28 bits per heavy atom. The molecule has 6 heteroatoms. The topological polar surface area (TPSA) is 59.4 Å². The number of anilines is 1. The van der Waals surface area contributed by atoms with E-state index in [1.807, 2.05) is 48.3 Å². The summed E-state index contributed by atoms with van der Waals surface area (Å²) in [6.07, 6.45) is 4.91. The molecule has 2 aliphatic rings. The molecule has 2 aromatic heterocycles. The van der Waals surface area contributed by atoms with E-state index >= 15 is 0 Å². The van der Waals surface area contributed by atoms with E-state index in [2.05, 4.69) is 21.3 Å². The zero-order valence-electron chi connectivity index (χ0n) is 14.5. The first-order valence-corrected chi connectivity index (χ1v) is 8.89. The highest BCUT2D eigenvalue weighted by Crippen LogP contribution is 2.35. The van der Waals surface area contributed by atoms with Gasteiger partial charge in [0.25, 0.3) is 5.91 Å². The Morgan fingerprint density at radius 3 is 3.04 bits per heavy atom. The second-order valence-corrected chi connectivity index (χ2v) is 6.93. The van der Waals surface area contributed by atoms with Crippen LogP contribution in [0.15, 0.2) is 42.7 Å². The lowest BCUT2D eigenvalue weighted by atomic mass is 9.84. The first-order valence-electron chi connectivity index (χ1n) is 8.89. The minimum absolute atomic E-state index is 0.0366. The summed E-state index contributed by atoms with van der Waals surface area (Å²) in [6.45, 7) is 3.31. The summed E-state index contributed by atoms with van der Waals surface area (Å²) in [5, 5.41) is 3.03. The van der Waals surface area contributed by atoms with E-state index < -0.39 is 0 Å². The molecule has 2 fully saturated rings. The van der Waals surface area contributed by atoms with E-state index in [1.165, 1.54) is 0 Å². The SMILES string of the molecule is Cn1cccc1C(=O)NC[C@@H]1OC[C@H]2CN(c3ccccn3)CC[C@H]21. The first kappa shape index (κ1) is 16.1. The molecule has 0 saturated carbocycles. The quantitative estimate of drug-likeness (QED) is 0.920. The Hall–Kier alpha value is -2.34. The van der Waals surface area contributed by atoms with Crippen LogP contribution in [0.25, 0.3) is 0 Å². The fourth-order valence-corrected chi connectivity index (χ4v) is 4.03. The number of carbonyl (C=O) groups excluding carboxylic acids is 1. The average molecular weight is 340 g/mol. The van der Waals surface area contributed by atoms with E-state index in [-0.39, 0.29) is 12.0 Å². The fourth-order valence-electron chi connectivity index (χ4n) is 4.03. The fraction of sp³-hybridized carbons (Fsp3) is 0.474. The van der Waals surface area contributed by atoms with Crippen molar-refractivity contribution in [3.63, 3.8) is 0 Å². The molecule has 0 unspecified atom stereocenters. The van der Waals surface area contributed by atoms with Gasteiger partial charge < -0.3 is 19.5 Å². The van der Waals surface area contributed by atoms with Gasteiger partial charge in [0.2, 0.25) is 0 Å². The zero-order chi connectivity index (χ0) is 17.2. The van der Waals surface area contributed by atoms with Gasteiger partial charge in [0, 0.05) is 45.0 Å². The van der Waals surface area contributed by atoms with Crippen molar-refractivity contribution in [2.24, 2.45) is 18.9 Å². The molecule has 0 aromatic carbocycles. The summed E-state index contributed by atoms with van der Waals surface area (Å²) in [5.41, 5.74) is 0.680. The van der Waals surface area contributed by atoms with Crippen molar-refractivity contribution in [3.8, 4) is 0 Å². The van der Waals surface area contributed by atoms with Gasteiger partial charge in [0.15, 0.2) is 0 Å². The van der Waals surface area contributed by atoms with Gasteiger partial charge in [0.05, 0.1) is 12.7 Å². The minimum atomic E-state index is -0.0366. The Morgan fingerprint density at radius 1 is 1.36 bits per heavy atom. The number of carbonyl (C=O) groups is 1. The number of aromatic nitrogens is 2. The van der Waals surface area contributed by atoms with Crippen molar-refractivity contribution in [1.82, 2.24) is 14.9 Å². The van der Waals surface area contributed by atoms with Crippen molar-refractivity contribution in [1.29, 1.82) is 0 Å². The molecular weight excluding hydrogens is 316 g/mol. The molecule has 4 rings (SSSR count). The minimum Gasteiger partial charge on any atom is -0.376 e. The number of pyridine rings is 1. The maximum Gasteiger partial charge on any atom is 0.267 e. The largest absolute Gasteiger partial charge is 0.376 e. The van der Waals surface area contributed by atoms with Crippen LogP contribution in [0.2, 0.25) is 0 Å². The van der Waals surface area contributed by atoms with Crippen molar-refractivity contribution >= 4 is 11.7 Å². The van der Waals surface area contributed by atoms with Gasteiger partial charge in [-0.3, -0.25) is 4.79 Å². The van der Waals surface area contributed by atoms with Crippen LogP contribution in [0.1, 0.15) is 16.9 Å². The molecular formula is C19H24N4O2. The molecule has 0 radical (unpaired) electrons. The Labute approximate surface area is 147 Å². The Kier molecular flexibility index (Phi) is 4.44. The summed E-state index contributed by atoms with van der Waals surface area (Å²) in [5.74, 6) is 2.02. The number of hydrogen-bond donors (Lipinski definition) is 1. The van der Waals surface area contributed by atoms with Crippen LogP contribution in [-0.2, 0) is 11.8 Å². The molecule has 2 aliphatic heterocycles. The number of rotatable bonds is 4. The number of aryl methyl sites for hydroxylation is 1. The molecule has 4 heterocycles. The Balaban J connectivity index is 1.33. The maximum atomic E-state index is 12.3. The predicted molar refractivity (Wildman–Crippen MR) is 95.5 cm³/mol. The van der Waals surface area contributed by atoms with E-state index in [0.717, 1.165) is 31.9 Å². The number of amides is 1. The molecule has 0 aliphatic carbocycles. The summed E-state index contributed by atoms with van der Waals surface area (Å²) < 4.78 is 7.85. The number of nitrogens with one attached hydrogen (secondary N) is 1. The molecule has 25 heavy (non-hydrogen) atoms. The molecule has 1 amide bonds. The van der Waals surface area contributed by atoms with E-state index in [1.54, 1.807) is 0 Å². The lowest BCUT2D eigenvalue weighted by Crippen LogP contribution is -2.44. The van der Waals surface area contributed by atoms with Crippen LogP contribution in [0.4, 0.5) is 5.82 Å². The van der Waals surface area contributed by atoms with Crippen molar-refractivity contribution in [2.45, 2.75) is 12.5 Å². The van der Waals surface area contributed by atoms with Crippen molar-refractivity contribution in [2.75, 3.05) is 31.1 Å². The molecule has 2 aromatic rings. The molecule has 2 saturated heterocycles. The van der Waals surface area contributed by atoms with Gasteiger partial charge >= 0.3 is 0 Å². The molecule has 6 nitrogen and oxygen atoms in total. The third kappa shape index (κ3) is 3.26. The molecule has 0 spiro atoms. The van der Waals surface area contributed by atoms with Gasteiger partial charge in [-0.1, -0.05) is 6.07 Å². The number of fused-ring (bicyclic) bond motifs is 1. The highest BCUT2D eigenvalue weighted by atomic mass is 16.5. The number of nitrogens with zero attached hydrogens (tertiary/aromatic N) is 3. The maximum absolute atomic E-state index is 12.3. The van der Waals surface area contributed by atoms with Gasteiger partial charge in [-0.05, 0) is 36.6 Å². The number of ether oxygens (including phenoxy) is 1. The van der Waals surface area contributed by atoms with E-state index in [4.69, 9.17) is 4.74 Å². The van der Waals surface area contributed by atoms with Crippen LogP contribution >= 0.6 is 0 Å². The predicted octanol–water partition coefficient (Wildman–Crippen LogP) is 1.69. The van der Waals surface area contributed by atoms with Crippen LogP contribution in [0, 0.1) is 11.8 Å². The van der Waals surface area contributed by atoms with Crippen LogP contribution in [-0.4, -0.2) is 47.8 Å². The van der Waals surface area contributed by atoms with Crippen molar-refractivity contribution < 1.29 is 9.53 Å². The second-order valence-electron chi connectivity index (χ2n) is 6.93. The van der Waals surface area contributed by atoms with Crippen LogP contribution in [0.3, 0.4) is 0 Å². The number of piperidine rings is 1. The molecule has 0 bridgehead atoms. The summed E-state index contributed by atoms with van der Waals surface area (Å²) >= 11 is 0. The normalized spacial score (nSPS) is 25.6. The third-order valence-corrected chi connectivity index (χ3v) is 5.41. The monoisotopic (exact) mass is 340 g/mol. The Bertz CT molecular complexity index is 730. The highest BCUT2D eigenvalue weighted by Gasteiger charge is 2.41. The zero-order valence-corrected chi connectivity index (χ0v) is 14.5. The van der Waals surface area contributed by atoms with Crippen LogP contribution in [0.5, 0.6) is 0 Å². The smallest absolute Gasteiger partial charge is 0.267 e. The third-order valence-electron chi connectivity index (χ3n) is 5.41. The van der Waals surface area contributed by atoms with Gasteiger partial charge in [-0.15, -0.1) is 0 Å².